The SMILES string of the molecule is Cc1cc(-n2c(C)cc(C(=O)COC(=O)c3ccc(S(=O)(=O)N4CCCC4)cc3)c2C)no1. The lowest BCUT2D eigenvalue weighted by Crippen LogP contribution is -2.27. The zero-order valence-electron chi connectivity index (χ0n) is 18.7. The molecule has 33 heavy (non-hydrogen) atoms. The molecule has 1 aromatic carbocycles. The van der Waals surface area contributed by atoms with Gasteiger partial charge in [0.2, 0.25) is 15.8 Å². The number of esters is 1. The summed E-state index contributed by atoms with van der Waals surface area (Å²) in [5.74, 6) is 0.173. The summed E-state index contributed by atoms with van der Waals surface area (Å²) in [6.07, 6.45) is 1.69. The summed E-state index contributed by atoms with van der Waals surface area (Å²) in [6, 6.07) is 9.05. The van der Waals surface area contributed by atoms with Crippen LogP contribution < -0.4 is 0 Å². The fourth-order valence-electron chi connectivity index (χ4n) is 3.99. The van der Waals surface area contributed by atoms with Crippen LogP contribution in [0.15, 0.2) is 45.8 Å². The van der Waals surface area contributed by atoms with Gasteiger partial charge in [0.15, 0.2) is 12.4 Å². The summed E-state index contributed by atoms with van der Waals surface area (Å²) in [5.41, 5.74) is 2.06. The minimum absolute atomic E-state index is 0.132. The minimum atomic E-state index is -3.56. The first-order valence-electron chi connectivity index (χ1n) is 10.6. The lowest BCUT2D eigenvalue weighted by Gasteiger charge is -2.15. The third-order valence-electron chi connectivity index (χ3n) is 5.70. The average Bonchev–Trinajstić information content (AvgIpc) is 3.53. The fourth-order valence-corrected chi connectivity index (χ4v) is 5.51. The molecule has 0 atom stereocenters. The zero-order chi connectivity index (χ0) is 23.8. The van der Waals surface area contributed by atoms with Crippen LogP contribution >= 0.6 is 0 Å². The fraction of sp³-hybridized carbons (Fsp3) is 0.348. The lowest BCUT2D eigenvalue weighted by molar-refractivity contribution is 0.0474. The average molecular weight is 472 g/mol. The number of benzene rings is 1. The van der Waals surface area contributed by atoms with Crippen LogP contribution in [0.4, 0.5) is 0 Å². The molecule has 0 N–H and O–H groups in total. The van der Waals surface area contributed by atoms with Gasteiger partial charge in [0.25, 0.3) is 0 Å². The number of hydrogen-bond donors (Lipinski definition) is 0. The Bertz CT molecular complexity index is 1300. The second kappa shape index (κ2) is 8.95. The molecule has 0 bridgehead atoms. The maximum absolute atomic E-state index is 12.7. The molecule has 3 heterocycles. The number of aromatic nitrogens is 2. The van der Waals surface area contributed by atoms with Gasteiger partial charge in [-0.2, -0.15) is 4.31 Å². The monoisotopic (exact) mass is 471 g/mol. The Labute approximate surface area is 192 Å². The third-order valence-corrected chi connectivity index (χ3v) is 7.62. The van der Waals surface area contributed by atoms with Crippen molar-refractivity contribution in [2.45, 2.75) is 38.5 Å². The van der Waals surface area contributed by atoms with Crippen molar-refractivity contribution in [3.8, 4) is 5.82 Å². The molecule has 0 spiro atoms. The van der Waals surface area contributed by atoms with Gasteiger partial charge in [0, 0.05) is 36.1 Å². The van der Waals surface area contributed by atoms with Crippen LogP contribution in [0.2, 0.25) is 0 Å². The quantitative estimate of drug-likeness (QED) is 0.384. The minimum Gasteiger partial charge on any atom is -0.454 e. The van der Waals surface area contributed by atoms with E-state index in [4.69, 9.17) is 9.26 Å². The van der Waals surface area contributed by atoms with E-state index in [0.29, 0.717) is 35.9 Å². The van der Waals surface area contributed by atoms with Gasteiger partial charge >= 0.3 is 5.97 Å². The lowest BCUT2D eigenvalue weighted by atomic mass is 10.1. The third kappa shape index (κ3) is 4.49. The van der Waals surface area contributed by atoms with Crippen molar-refractivity contribution in [3.63, 3.8) is 0 Å². The number of carbonyl (C=O) groups excluding carboxylic acids is 2. The first-order valence-corrected chi connectivity index (χ1v) is 12.1. The number of ether oxygens (including phenoxy) is 1. The van der Waals surface area contributed by atoms with E-state index in [9.17, 15) is 18.0 Å². The number of aryl methyl sites for hydroxylation is 2. The largest absolute Gasteiger partial charge is 0.454 e. The van der Waals surface area contributed by atoms with E-state index in [1.165, 1.54) is 28.6 Å². The summed E-state index contributed by atoms with van der Waals surface area (Å²) in [4.78, 5) is 25.3. The van der Waals surface area contributed by atoms with Crippen LogP contribution in [-0.2, 0) is 14.8 Å². The molecule has 2 aromatic heterocycles. The van der Waals surface area contributed by atoms with Gasteiger partial charge in [-0.15, -0.1) is 0 Å². The molecule has 10 heteroatoms. The molecule has 9 nitrogen and oxygen atoms in total. The summed E-state index contributed by atoms with van der Waals surface area (Å²) in [6.45, 7) is 5.98. The summed E-state index contributed by atoms with van der Waals surface area (Å²) >= 11 is 0. The summed E-state index contributed by atoms with van der Waals surface area (Å²) in [5, 5.41) is 3.99. The molecule has 0 saturated carbocycles. The Balaban J connectivity index is 1.42. The summed E-state index contributed by atoms with van der Waals surface area (Å²) in [7, 11) is -3.56. The molecule has 1 fully saturated rings. The van der Waals surface area contributed by atoms with Crippen molar-refractivity contribution in [2.24, 2.45) is 0 Å². The maximum atomic E-state index is 12.7. The Hall–Kier alpha value is -3.24. The van der Waals surface area contributed by atoms with Crippen LogP contribution in [0, 0.1) is 20.8 Å². The van der Waals surface area contributed by atoms with Gasteiger partial charge in [-0.25, -0.2) is 13.2 Å². The Morgan fingerprint density at radius 2 is 1.73 bits per heavy atom. The van der Waals surface area contributed by atoms with Crippen LogP contribution in [0.25, 0.3) is 5.82 Å². The molecular formula is C23H25N3O6S. The second-order valence-electron chi connectivity index (χ2n) is 8.05. The molecule has 4 rings (SSSR count). The summed E-state index contributed by atoms with van der Waals surface area (Å²) < 4.78 is 38.8. The molecule has 1 saturated heterocycles. The number of nitrogens with zero attached hydrogens (tertiary/aromatic N) is 3. The van der Waals surface area contributed by atoms with E-state index in [1.54, 1.807) is 30.5 Å². The molecular weight excluding hydrogens is 446 g/mol. The Morgan fingerprint density at radius 3 is 2.33 bits per heavy atom. The van der Waals surface area contributed by atoms with Crippen LogP contribution in [0.5, 0.6) is 0 Å². The van der Waals surface area contributed by atoms with Gasteiger partial charge in [0.05, 0.1) is 10.5 Å². The van der Waals surface area contributed by atoms with Gasteiger partial charge in [-0.05, 0) is 63.9 Å². The highest BCUT2D eigenvalue weighted by Gasteiger charge is 2.27. The predicted octanol–water partition coefficient (Wildman–Crippen LogP) is 3.21. The van der Waals surface area contributed by atoms with Crippen molar-refractivity contribution in [1.82, 2.24) is 14.0 Å². The molecule has 174 valence electrons. The number of hydrogen-bond acceptors (Lipinski definition) is 7. The highest BCUT2D eigenvalue weighted by atomic mass is 32.2. The molecule has 0 amide bonds. The molecule has 0 aliphatic carbocycles. The first kappa shape index (κ1) is 22.9. The standard InChI is InChI=1S/C23H25N3O6S/c1-15-12-20(17(3)26(15)22-13-16(2)32-24-22)21(27)14-31-23(28)18-6-8-19(9-7-18)33(29,30)25-10-4-5-11-25/h6-9,12-13H,4-5,10-11,14H2,1-3H3. The van der Waals surface area contributed by atoms with Gasteiger partial charge in [-0.1, -0.05) is 5.16 Å². The smallest absolute Gasteiger partial charge is 0.338 e. The van der Waals surface area contributed by atoms with Crippen molar-refractivity contribution in [2.75, 3.05) is 19.7 Å². The topological polar surface area (TPSA) is 112 Å². The molecule has 0 radical (unpaired) electrons. The maximum Gasteiger partial charge on any atom is 0.338 e. The molecule has 1 aliphatic rings. The zero-order valence-corrected chi connectivity index (χ0v) is 19.5. The number of sulfonamides is 1. The number of Topliss-reactive ketones (excluding diaryl/α,β-unsaturated/α-hetero) is 1. The normalized spacial score (nSPS) is 14.5. The number of ketones is 1. The molecule has 0 unspecified atom stereocenters. The van der Waals surface area contributed by atoms with E-state index in [2.05, 4.69) is 5.16 Å². The second-order valence-corrected chi connectivity index (χ2v) is 9.99. The van der Waals surface area contributed by atoms with Crippen LogP contribution in [0.3, 0.4) is 0 Å². The van der Waals surface area contributed by atoms with Crippen molar-refractivity contribution >= 4 is 21.8 Å². The van der Waals surface area contributed by atoms with E-state index < -0.39 is 22.6 Å². The van der Waals surface area contributed by atoms with Crippen molar-refractivity contribution < 1.29 is 27.3 Å². The first-order chi connectivity index (χ1) is 15.7. The molecule has 1 aliphatic heterocycles. The number of rotatable bonds is 7. The van der Waals surface area contributed by atoms with Crippen molar-refractivity contribution in [1.29, 1.82) is 0 Å². The predicted molar refractivity (Wildman–Crippen MR) is 119 cm³/mol. The Kier molecular flexibility index (Phi) is 6.22. The Morgan fingerprint density at radius 1 is 1.06 bits per heavy atom. The van der Waals surface area contributed by atoms with E-state index in [-0.39, 0.29) is 16.2 Å². The van der Waals surface area contributed by atoms with Crippen LogP contribution in [0.1, 0.15) is 50.7 Å². The van der Waals surface area contributed by atoms with Gasteiger partial charge in [0.1, 0.15) is 5.76 Å². The highest BCUT2D eigenvalue weighted by molar-refractivity contribution is 7.89. The van der Waals surface area contributed by atoms with E-state index in [1.807, 2.05) is 6.92 Å². The highest BCUT2D eigenvalue weighted by Crippen LogP contribution is 2.23. The van der Waals surface area contributed by atoms with Gasteiger partial charge < -0.3 is 9.26 Å². The van der Waals surface area contributed by atoms with Crippen LogP contribution in [-0.4, -0.2) is 53.9 Å². The van der Waals surface area contributed by atoms with Gasteiger partial charge in [-0.3, -0.25) is 9.36 Å². The number of carbonyl (C=O) groups is 2. The van der Waals surface area contributed by atoms with E-state index in [0.717, 1.165) is 18.5 Å². The molecule has 3 aromatic rings. The van der Waals surface area contributed by atoms with Crippen molar-refractivity contribution in [3.05, 3.63) is 64.7 Å². The van der Waals surface area contributed by atoms with E-state index >= 15 is 0 Å².